The van der Waals surface area contributed by atoms with Crippen LogP contribution in [0.3, 0.4) is 0 Å². The molecule has 82 valence electrons. The second-order valence-corrected chi connectivity index (χ2v) is 3.32. The van der Waals surface area contributed by atoms with Crippen molar-refractivity contribution in [2.24, 2.45) is 0 Å². The SMILES string of the molecule is COC(=O)C(c1ccc(Cl)cc1)C(F)F. The van der Waals surface area contributed by atoms with Crippen molar-refractivity contribution in [2.75, 3.05) is 7.11 Å². The second kappa shape index (κ2) is 5.07. The Hall–Kier alpha value is -1.16. The minimum absolute atomic E-state index is 0.196. The standard InChI is InChI=1S/C10H9ClF2O2/c1-15-10(14)8(9(12)13)6-2-4-7(11)5-3-6/h2-5,8-9H,1H3. The van der Waals surface area contributed by atoms with E-state index < -0.39 is 18.3 Å². The molecular formula is C10H9ClF2O2. The van der Waals surface area contributed by atoms with Crippen LogP contribution >= 0.6 is 11.6 Å². The van der Waals surface area contributed by atoms with Crippen LogP contribution in [0.4, 0.5) is 8.78 Å². The molecule has 1 aromatic rings. The van der Waals surface area contributed by atoms with Crippen LogP contribution in [0.15, 0.2) is 24.3 Å². The van der Waals surface area contributed by atoms with Crippen LogP contribution in [0, 0.1) is 0 Å². The van der Waals surface area contributed by atoms with Gasteiger partial charge in [-0.3, -0.25) is 4.79 Å². The molecule has 1 atom stereocenters. The zero-order valence-electron chi connectivity index (χ0n) is 7.91. The Balaban J connectivity index is 2.99. The molecule has 0 bridgehead atoms. The van der Waals surface area contributed by atoms with E-state index in [1.54, 1.807) is 0 Å². The number of carbonyl (C=O) groups excluding carboxylic acids is 1. The molecule has 0 spiro atoms. The summed E-state index contributed by atoms with van der Waals surface area (Å²) < 4.78 is 29.5. The first-order valence-corrected chi connectivity index (χ1v) is 4.55. The van der Waals surface area contributed by atoms with Gasteiger partial charge in [-0.2, -0.15) is 0 Å². The molecule has 15 heavy (non-hydrogen) atoms. The van der Waals surface area contributed by atoms with Crippen LogP contribution in [-0.4, -0.2) is 19.5 Å². The maximum atomic E-state index is 12.6. The molecular weight excluding hydrogens is 226 g/mol. The summed E-state index contributed by atoms with van der Waals surface area (Å²) in [5, 5.41) is 0.427. The van der Waals surface area contributed by atoms with Gasteiger partial charge in [0.05, 0.1) is 7.11 Å². The molecule has 0 aliphatic heterocycles. The third-order valence-corrected chi connectivity index (χ3v) is 2.19. The van der Waals surface area contributed by atoms with Crippen LogP contribution in [-0.2, 0) is 9.53 Å². The van der Waals surface area contributed by atoms with E-state index in [1.807, 2.05) is 0 Å². The van der Waals surface area contributed by atoms with Crippen LogP contribution in [0.2, 0.25) is 5.02 Å². The molecule has 1 unspecified atom stereocenters. The Morgan fingerprint density at radius 3 is 2.27 bits per heavy atom. The van der Waals surface area contributed by atoms with E-state index in [1.165, 1.54) is 24.3 Å². The first-order chi connectivity index (χ1) is 7.06. The molecule has 1 rings (SSSR count). The van der Waals surface area contributed by atoms with E-state index in [-0.39, 0.29) is 5.56 Å². The first kappa shape index (κ1) is 11.9. The van der Waals surface area contributed by atoms with E-state index in [0.29, 0.717) is 5.02 Å². The summed E-state index contributed by atoms with van der Waals surface area (Å²) in [6.07, 6.45) is -2.79. The summed E-state index contributed by atoms with van der Waals surface area (Å²) in [5.41, 5.74) is 0.196. The number of hydrogen-bond acceptors (Lipinski definition) is 2. The summed E-state index contributed by atoms with van der Waals surface area (Å²) in [5.74, 6) is -2.50. The molecule has 0 fully saturated rings. The van der Waals surface area contributed by atoms with Crippen molar-refractivity contribution in [3.8, 4) is 0 Å². The average Bonchev–Trinajstić information content (AvgIpc) is 2.20. The van der Waals surface area contributed by atoms with Crippen molar-refractivity contribution < 1.29 is 18.3 Å². The fraction of sp³-hybridized carbons (Fsp3) is 0.300. The molecule has 0 saturated carbocycles. The van der Waals surface area contributed by atoms with Gasteiger partial charge in [0, 0.05) is 5.02 Å². The molecule has 0 heterocycles. The summed E-state index contributed by atoms with van der Waals surface area (Å²) in [6, 6.07) is 5.68. The lowest BCUT2D eigenvalue weighted by Gasteiger charge is -2.13. The monoisotopic (exact) mass is 234 g/mol. The van der Waals surface area contributed by atoms with E-state index in [0.717, 1.165) is 7.11 Å². The zero-order chi connectivity index (χ0) is 11.4. The van der Waals surface area contributed by atoms with Gasteiger partial charge >= 0.3 is 5.97 Å². The Morgan fingerprint density at radius 1 is 1.33 bits per heavy atom. The second-order valence-electron chi connectivity index (χ2n) is 2.89. The number of benzene rings is 1. The van der Waals surface area contributed by atoms with Gasteiger partial charge < -0.3 is 4.74 Å². The topological polar surface area (TPSA) is 26.3 Å². The van der Waals surface area contributed by atoms with Crippen molar-refractivity contribution in [3.63, 3.8) is 0 Å². The largest absolute Gasteiger partial charge is 0.468 e. The minimum atomic E-state index is -2.79. The number of halogens is 3. The number of hydrogen-bond donors (Lipinski definition) is 0. The summed E-state index contributed by atoms with van der Waals surface area (Å²) in [4.78, 5) is 11.1. The Kier molecular flexibility index (Phi) is 4.03. The predicted molar refractivity (Wildman–Crippen MR) is 52.2 cm³/mol. The van der Waals surface area contributed by atoms with Crippen LogP contribution in [0.25, 0.3) is 0 Å². The molecule has 0 saturated heterocycles. The van der Waals surface area contributed by atoms with Gasteiger partial charge in [-0.1, -0.05) is 23.7 Å². The predicted octanol–water partition coefficient (Wildman–Crippen LogP) is 2.86. The zero-order valence-corrected chi connectivity index (χ0v) is 8.67. The average molecular weight is 235 g/mol. The van der Waals surface area contributed by atoms with Crippen molar-refractivity contribution in [2.45, 2.75) is 12.3 Å². The van der Waals surface area contributed by atoms with E-state index in [2.05, 4.69) is 4.74 Å². The number of ether oxygens (including phenoxy) is 1. The normalized spacial score (nSPS) is 12.6. The lowest BCUT2D eigenvalue weighted by Crippen LogP contribution is -2.21. The highest BCUT2D eigenvalue weighted by atomic mass is 35.5. The van der Waals surface area contributed by atoms with Gasteiger partial charge in [-0.05, 0) is 17.7 Å². The summed E-state index contributed by atoms with van der Waals surface area (Å²) in [6.45, 7) is 0. The summed E-state index contributed by atoms with van der Waals surface area (Å²) in [7, 11) is 1.08. The van der Waals surface area contributed by atoms with Gasteiger partial charge in [-0.15, -0.1) is 0 Å². The number of carbonyl (C=O) groups is 1. The van der Waals surface area contributed by atoms with Gasteiger partial charge in [0.25, 0.3) is 6.43 Å². The third-order valence-electron chi connectivity index (χ3n) is 1.94. The Labute approximate surface area is 90.8 Å². The van der Waals surface area contributed by atoms with Gasteiger partial charge in [-0.25, -0.2) is 8.78 Å². The van der Waals surface area contributed by atoms with Crippen molar-refractivity contribution >= 4 is 17.6 Å². The first-order valence-electron chi connectivity index (χ1n) is 4.17. The van der Waals surface area contributed by atoms with E-state index in [9.17, 15) is 13.6 Å². The van der Waals surface area contributed by atoms with Gasteiger partial charge in [0.2, 0.25) is 0 Å². The molecule has 0 amide bonds. The highest BCUT2D eigenvalue weighted by molar-refractivity contribution is 6.30. The Bertz CT molecular complexity index is 338. The minimum Gasteiger partial charge on any atom is -0.468 e. The van der Waals surface area contributed by atoms with Gasteiger partial charge in [0.1, 0.15) is 5.92 Å². The van der Waals surface area contributed by atoms with E-state index >= 15 is 0 Å². The van der Waals surface area contributed by atoms with Crippen LogP contribution < -0.4 is 0 Å². The fourth-order valence-corrected chi connectivity index (χ4v) is 1.31. The maximum absolute atomic E-state index is 12.6. The van der Waals surface area contributed by atoms with Crippen molar-refractivity contribution in [1.29, 1.82) is 0 Å². The third kappa shape index (κ3) is 2.89. The van der Waals surface area contributed by atoms with Crippen molar-refractivity contribution in [3.05, 3.63) is 34.9 Å². The lowest BCUT2D eigenvalue weighted by atomic mass is 10.00. The van der Waals surface area contributed by atoms with E-state index in [4.69, 9.17) is 11.6 Å². The molecule has 1 aromatic carbocycles. The van der Waals surface area contributed by atoms with Crippen LogP contribution in [0.5, 0.6) is 0 Å². The number of alkyl halides is 2. The number of methoxy groups -OCH3 is 1. The summed E-state index contributed by atoms with van der Waals surface area (Å²) >= 11 is 5.61. The number of rotatable bonds is 3. The van der Waals surface area contributed by atoms with Crippen LogP contribution in [0.1, 0.15) is 11.5 Å². The lowest BCUT2D eigenvalue weighted by molar-refractivity contribution is -0.146. The molecule has 0 aromatic heterocycles. The highest BCUT2D eigenvalue weighted by Gasteiger charge is 2.30. The Morgan fingerprint density at radius 2 is 1.87 bits per heavy atom. The molecule has 0 N–H and O–H groups in total. The highest BCUT2D eigenvalue weighted by Crippen LogP contribution is 2.25. The molecule has 2 nitrogen and oxygen atoms in total. The molecule has 0 aliphatic rings. The maximum Gasteiger partial charge on any atom is 0.319 e. The molecule has 0 radical (unpaired) electrons. The fourth-order valence-electron chi connectivity index (χ4n) is 1.18. The number of esters is 1. The smallest absolute Gasteiger partial charge is 0.319 e. The van der Waals surface area contributed by atoms with Gasteiger partial charge in [0.15, 0.2) is 0 Å². The quantitative estimate of drug-likeness (QED) is 0.752. The molecule has 0 aliphatic carbocycles. The van der Waals surface area contributed by atoms with Crippen molar-refractivity contribution in [1.82, 2.24) is 0 Å². The molecule has 5 heteroatoms.